The Morgan fingerprint density at radius 1 is 1.17 bits per heavy atom. The van der Waals surface area contributed by atoms with Crippen molar-refractivity contribution in [2.75, 3.05) is 46.8 Å². The molecule has 3 fully saturated rings. The van der Waals surface area contributed by atoms with E-state index in [0.717, 1.165) is 64.8 Å². The number of likely N-dealkylation sites (tertiary alicyclic amines) is 2. The largest absolute Gasteiger partial charge is 0.444 e. The van der Waals surface area contributed by atoms with Crippen LogP contribution in [0.3, 0.4) is 0 Å². The number of rotatable bonds is 5. The number of carbonyl (C=O) groups excluding carboxylic acids is 1. The second kappa shape index (κ2) is 8.32. The Labute approximate surface area is 176 Å². The quantitative estimate of drug-likeness (QED) is 0.720. The SMILES string of the molecule is CN(C)S(=O)(=O)NC1CCC2(CC1)CN(C[C@@H]1CCN(C(=O)OC(C)(C)C)C1)C2. The van der Waals surface area contributed by atoms with Crippen LogP contribution in [0.1, 0.15) is 52.9 Å². The van der Waals surface area contributed by atoms with Crippen LogP contribution in [0.5, 0.6) is 0 Å². The van der Waals surface area contributed by atoms with E-state index in [4.69, 9.17) is 4.74 Å². The normalized spacial score (nSPS) is 26.1. The van der Waals surface area contributed by atoms with Gasteiger partial charge in [-0.3, -0.25) is 0 Å². The predicted molar refractivity (Wildman–Crippen MR) is 113 cm³/mol. The van der Waals surface area contributed by atoms with Crippen molar-refractivity contribution in [1.82, 2.24) is 18.8 Å². The summed E-state index contributed by atoms with van der Waals surface area (Å²) >= 11 is 0. The number of hydrogen-bond donors (Lipinski definition) is 1. The Hall–Kier alpha value is -0.900. The van der Waals surface area contributed by atoms with Gasteiger partial charge < -0.3 is 14.5 Å². The van der Waals surface area contributed by atoms with Gasteiger partial charge in [-0.05, 0) is 64.2 Å². The Kier molecular flexibility index (Phi) is 6.54. The van der Waals surface area contributed by atoms with Gasteiger partial charge in [0.1, 0.15) is 5.60 Å². The minimum absolute atomic E-state index is 0.0549. The van der Waals surface area contributed by atoms with Crippen molar-refractivity contribution >= 4 is 16.3 Å². The number of ether oxygens (including phenoxy) is 1. The van der Waals surface area contributed by atoms with Gasteiger partial charge in [-0.1, -0.05) is 0 Å². The molecular weight excluding hydrogens is 392 g/mol. The Bertz CT molecular complexity index is 688. The maximum Gasteiger partial charge on any atom is 0.410 e. The van der Waals surface area contributed by atoms with Gasteiger partial charge in [0.05, 0.1) is 0 Å². The Morgan fingerprint density at radius 2 is 1.79 bits per heavy atom. The summed E-state index contributed by atoms with van der Waals surface area (Å²) in [5.41, 5.74) is -0.0812. The monoisotopic (exact) mass is 430 g/mol. The first kappa shape index (κ1) is 22.8. The number of nitrogens with zero attached hydrogens (tertiary/aromatic N) is 3. The third kappa shape index (κ3) is 5.83. The second-order valence-corrected chi connectivity index (χ2v) is 12.3. The van der Waals surface area contributed by atoms with E-state index in [1.165, 1.54) is 4.31 Å². The van der Waals surface area contributed by atoms with Gasteiger partial charge in [0.2, 0.25) is 0 Å². The lowest BCUT2D eigenvalue weighted by Crippen LogP contribution is -2.60. The highest BCUT2D eigenvalue weighted by atomic mass is 32.2. The third-order valence-corrected chi connectivity index (χ3v) is 8.01. The molecule has 1 saturated carbocycles. The fourth-order valence-corrected chi connectivity index (χ4v) is 5.72. The molecule has 2 aliphatic heterocycles. The minimum atomic E-state index is -3.34. The Morgan fingerprint density at radius 3 is 2.34 bits per heavy atom. The molecule has 29 heavy (non-hydrogen) atoms. The fraction of sp³-hybridized carbons (Fsp3) is 0.950. The van der Waals surface area contributed by atoms with Crippen molar-refractivity contribution < 1.29 is 17.9 Å². The highest BCUT2D eigenvalue weighted by Crippen LogP contribution is 2.44. The molecule has 1 N–H and O–H groups in total. The van der Waals surface area contributed by atoms with E-state index in [0.29, 0.717) is 11.3 Å². The first-order valence-electron chi connectivity index (χ1n) is 10.8. The van der Waals surface area contributed by atoms with Crippen LogP contribution in [0.2, 0.25) is 0 Å². The zero-order chi connectivity index (χ0) is 21.4. The zero-order valence-corrected chi connectivity index (χ0v) is 19.4. The average molecular weight is 431 g/mol. The average Bonchev–Trinajstić information content (AvgIpc) is 3.02. The third-order valence-electron chi connectivity index (χ3n) is 6.41. The minimum Gasteiger partial charge on any atom is -0.444 e. The van der Waals surface area contributed by atoms with Crippen LogP contribution in [0.25, 0.3) is 0 Å². The summed E-state index contributed by atoms with van der Waals surface area (Å²) in [7, 11) is -0.226. The Balaban J connectivity index is 1.38. The van der Waals surface area contributed by atoms with Gasteiger partial charge in [0.25, 0.3) is 10.2 Å². The highest BCUT2D eigenvalue weighted by molar-refractivity contribution is 7.87. The standard InChI is InChI=1S/C20H38N4O4S/c1-19(2,3)28-18(25)24-11-8-16(13-24)12-23-14-20(15-23)9-6-17(7-10-20)21-29(26,27)22(4)5/h16-17,21H,6-15H2,1-5H3/t16-/m0/s1. The van der Waals surface area contributed by atoms with Crippen LogP contribution < -0.4 is 4.72 Å². The molecule has 1 amide bonds. The van der Waals surface area contributed by atoms with Crippen molar-refractivity contribution in [2.24, 2.45) is 11.3 Å². The van der Waals surface area contributed by atoms with Gasteiger partial charge in [-0.15, -0.1) is 0 Å². The molecule has 2 heterocycles. The van der Waals surface area contributed by atoms with Crippen LogP contribution in [0.4, 0.5) is 4.79 Å². The lowest BCUT2D eigenvalue weighted by atomic mass is 9.67. The van der Waals surface area contributed by atoms with E-state index in [2.05, 4.69) is 9.62 Å². The molecule has 168 valence electrons. The molecule has 0 aromatic heterocycles. The van der Waals surface area contributed by atoms with Crippen molar-refractivity contribution in [3.8, 4) is 0 Å². The summed E-state index contributed by atoms with van der Waals surface area (Å²) in [6, 6.07) is 0.0549. The van der Waals surface area contributed by atoms with Gasteiger partial charge in [-0.2, -0.15) is 17.4 Å². The van der Waals surface area contributed by atoms with Crippen LogP contribution in [-0.4, -0.2) is 87.1 Å². The van der Waals surface area contributed by atoms with E-state index in [9.17, 15) is 13.2 Å². The number of amides is 1. The number of nitrogens with one attached hydrogen (secondary N) is 1. The van der Waals surface area contributed by atoms with E-state index in [1.807, 2.05) is 25.7 Å². The molecule has 0 aromatic carbocycles. The maximum absolute atomic E-state index is 12.2. The van der Waals surface area contributed by atoms with E-state index < -0.39 is 15.8 Å². The molecule has 3 aliphatic rings. The molecule has 0 radical (unpaired) electrons. The van der Waals surface area contributed by atoms with E-state index in [-0.39, 0.29) is 12.1 Å². The molecule has 3 rings (SSSR count). The summed E-state index contributed by atoms with van der Waals surface area (Å²) in [5.74, 6) is 0.517. The summed E-state index contributed by atoms with van der Waals surface area (Å²) < 4.78 is 33.6. The van der Waals surface area contributed by atoms with Gasteiger partial charge in [0.15, 0.2) is 0 Å². The van der Waals surface area contributed by atoms with Crippen LogP contribution in [0, 0.1) is 11.3 Å². The molecule has 8 nitrogen and oxygen atoms in total. The first-order valence-corrected chi connectivity index (χ1v) is 12.2. The lowest BCUT2D eigenvalue weighted by Gasteiger charge is -2.54. The van der Waals surface area contributed by atoms with Gasteiger partial charge in [-0.25, -0.2) is 4.79 Å². The van der Waals surface area contributed by atoms with Crippen LogP contribution >= 0.6 is 0 Å². The summed E-state index contributed by atoms with van der Waals surface area (Å²) in [4.78, 5) is 16.6. The molecule has 1 spiro atoms. The van der Waals surface area contributed by atoms with E-state index in [1.54, 1.807) is 14.1 Å². The van der Waals surface area contributed by atoms with Gasteiger partial charge in [0, 0.05) is 52.9 Å². The summed E-state index contributed by atoms with van der Waals surface area (Å²) in [5, 5.41) is 0. The second-order valence-electron chi connectivity index (χ2n) is 10.4. The molecule has 0 aromatic rings. The topological polar surface area (TPSA) is 82.2 Å². The lowest BCUT2D eigenvalue weighted by molar-refractivity contribution is -0.0396. The molecule has 9 heteroatoms. The number of carbonyl (C=O) groups is 1. The van der Waals surface area contributed by atoms with Gasteiger partial charge >= 0.3 is 6.09 Å². The first-order chi connectivity index (χ1) is 13.4. The molecule has 1 atom stereocenters. The van der Waals surface area contributed by atoms with Crippen LogP contribution in [0.15, 0.2) is 0 Å². The maximum atomic E-state index is 12.2. The van der Waals surface area contributed by atoms with E-state index >= 15 is 0 Å². The highest BCUT2D eigenvalue weighted by Gasteiger charge is 2.46. The predicted octanol–water partition coefficient (Wildman–Crippen LogP) is 1.88. The summed E-state index contributed by atoms with van der Waals surface area (Å²) in [6.07, 6.45) is 4.83. The van der Waals surface area contributed by atoms with Crippen molar-refractivity contribution in [1.29, 1.82) is 0 Å². The molecular formula is C20H38N4O4S. The number of hydrogen-bond acceptors (Lipinski definition) is 5. The van der Waals surface area contributed by atoms with Crippen molar-refractivity contribution in [2.45, 2.75) is 64.5 Å². The van der Waals surface area contributed by atoms with Crippen molar-refractivity contribution in [3.63, 3.8) is 0 Å². The molecule has 1 aliphatic carbocycles. The van der Waals surface area contributed by atoms with Crippen LogP contribution in [-0.2, 0) is 14.9 Å². The molecule has 0 bridgehead atoms. The smallest absolute Gasteiger partial charge is 0.410 e. The van der Waals surface area contributed by atoms with Crippen molar-refractivity contribution in [3.05, 3.63) is 0 Å². The molecule has 0 unspecified atom stereocenters. The fourth-order valence-electron chi connectivity index (χ4n) is 4.85. The summed E-state index contributed by atoms with van der Waals surface area (Å²) in [6.45, 7) is 10.5. The zero-order valence-electron chi connectivity index (χ0n) is 18.6. The molecule has 2 saturated heterocycles.